The van der Waals surface area contributed by atoms with Crippen molar-refractivity contribution in [3.05, 3.63) is 95.6 Å². The maximum Gasteiger partial charge on any atom is 0.301 e. The Balaban J connectivity index is 0.777. The van der Waals surface area contributed by atoms with Crippen LogP contribution in [0.15, 0.2) is 67.3 Å². The van der Waals surface area contributed by atoms with Gasteiger partial charge in [0.1, 0.15) is 17.5 Å². The highest BCUT2D eigenvalue weighted by atomic mass is 32.2. The first-order chi connectivity index (χ1) is 31.8. The maximum absolute atomic E-state index is 15.6. The third-order valence-corrected chi connectivity index (χ3v) is 15.1. The summed E-state index contributed by atoms with van der Waals surface area (Å²) in [6, 6.07) is 11.5. The molecule has 2 aromatic carbocycles. The first kappa shape index (κ1) is 44.8. The van der Waals surface area contributed by atoms with Crippen molar-refractivity contribution in [2.24, 2.45) is 5.92 Å². The van der Waals surface area contributed by atoms with Gasteiger partial charge in [-0.1, -0.05) is 19.1 Å². The normalized spacial score (nSPS) is 20.9. The van der Waals surface area contributed by atoms with Gasteiger partial charge in [0, 0.05) is 105 Å². The summed E-state index contributed by atoms with van der Waals surface area (Å²) in [4.78, 5) is 74.2. The van der Waals surface area contributed by atoms with Gasteiger partial charge in [-0.05, 0) is 87.0 Å². The zero-order valence-electron chi connectivity index (χ0n) is 36.6. The second-order valence-corrected chi connectivity index (χ2v) is 19.1. The maximum atomic E-state index is 15.6. The third-order valence-electron chi connectivity index (χ3n) is 13.6. The van der Waals surface area contributed by atoms with Crippen LogP contribution < -0.4 is 20.3 Å². The fraction of sp³-hybridized carbons (Fsp3) is 0.413. The van der Waals surface area contributed by atoms with Crippen molar-refractivity contribution in [3.8, 4) is 11.1 Å². The zero-order valence-corrected chi connectivity index (χ0v) is 37.4. The molecular weight excluding hydrogens is 873 g/mol. The molecule has 3 saturated heterocycles. The lowest BCUT2D eigenvalue weighted by Gasteiger charge is -2.48. The van der Waals surface area contributed by atoms with Gasteiger partial charge in [-0.2, -0.15) is 12.7 Å². The molecular formula is C46H51F2N11O6S. The van der Waals surface area contributed by atoms with Crippen molar-refractivity contribution in [2.75, 3.05) is 67.8 Å². The number of benzene rings is 2. The molecule has 0 bridgehead atoms. The largest absolute Gasteiger partial charge is 0.374 e. The molecule has 4 fully saturated rings. The van der Waals surface area contributed by atoms with Gasteiger partial charge in [-0.15, -0.1) is 0 Å². The Morgan fingerprint density at radius 2 is 1.59 bits per heavy atom. The third kappa shape index (κ3) is 8.96. The van der Waals surface area contributed by atoms with Gasteiger partial charge in [0.15, 0.2) is 5.82 Å². The van der Waals surface area contributed by atoms with Crippen LogP contribution in [0.2, 0.25) is 0 Å². The molecule has 20 heteroatoms. The van der Waals surface area contributed by atoms with E-state index in [1.165, 1.54) is 18.8 Å². The standard InChI is InChI=1S/C46H51F2N11O6S/c1-3-56(2)66(64,65)55-36-10-9-35(47)40(41(36)48)42(61)34-26-50-43-33(34)22-29(23-49-43)30-24-51-46(52-25-30)59-20-18-58(19-21-59)45(63)32-8-12-38(32)57-16-14-28(15-17-57)27-4-6-31(7-5-27)53-37-11-13-39(60)54-44(37)62/h4-7,9-10,22-26,28,32,37-38,53,55H,3,8,11-21H2,1-2H3,(H,49,50)(H,54,60,62). The first-order valence-electron chi connectivity index (χ1n) is 22.3. The summed E-state index contributed by atoms with van der Waals surface area (Å²) in [5.74, 6) is -2.89. The molecule has 3 atom stereocenters. The molecule has 6 heterocycles. The van der Waals surface area contributed by atoms with E-state index in [0.29, 0.717) is 73.0 Å². The van der Waals surface area contributed by atoms with E-state index in [2.05, 4.69) is 52.3 Å². The molecule has 3 amide bonds. The Morgan fingerprint density at radius 1 is 0.879 bits per heavy atom. The van der Waals surface area contributed by atoms with Crippen molar-refractivity contribution in [2.45, 2.75) is 63.5 Å². The topological polar surface area (TPSA) is 206 Å². The number of amides is 3. The molecule has 346 valence electrons. The molecule has 3 aliphatic heterocycles. The summed E-state index contributed by atoms with van der Waals surface area (Å²) in [5, 5.41) is 5.93. The number of hydrogen-bond acceptors (Lipinski definition) is 12. The van der Waals surface area contributed by atoms with Crippen LogP contribution in [0.25, 0.3) is 22.2 Å². The first-order valence-corrected chi connectivity index (χ1v) is 23.8. The quantitative estimate of drug-likeness (QED) is 0.0941. The van der Waals surface area contributed by atoms with Crippen LogP contribution in [-0.2, 0) is 24.6 Å². The number of fused-ring (bicyclic) bond motifs is 1. The fourth-order valence-electron chi connectivity index (χ4n) is 9.36. The number of anilines is 3. The number of halogens is 2. The smallest absolute Gasteiger partial charge is 0.301 e. The summed E-state index contributed by atoms with van der Waals surface area (Å²) >= 11 is 0. The number of H-pyrrole nitrogens is 1. The van der Waals surface area contributed by atoms with Crippen molar-refractivity contribution >= 4 is 62.1 Å². The molecule has 4 N–H and O–H groups in total. The van der Waals surface area contributed by atoms with Gasteiger partial charge in [-0.3, -0.25) is 34.1 Å². The van der Waals surface area contributed by atoms with Crippen LogP contribution in [-0.4, -0.2) is 131 Å². The number of hydrogen-bond donors (Lipinski definition) is 4. The van der Waals surface area contributed by atoms with Crippen LogP contribution in [0.4, 0.5) is 26.1 Å². The van der Waals surface area contributed by atoms with Crippen LogP contribution >= 0.6 is 0 Å². The molecule has 4 aliphatic rings. The molecule has 1 saturated carbocycles. The van der Waals surface area contributed by atoms with E-state index in [4.69, 9.17) is 0 Å². The van der Waals surface area contributed by atoms with Crippen LogP contribution in [0.1, 0.15) is 72.9 Å². The number of carbonyl (C=O) groups is 4. The minimum absolute atomic E-state index is 0.0139. The average Bonchev–Trinajstić information content (AvgIpc) is 3.74. The predicted molar refractivity (Wildman–Crippen MR) is 243 cm³/mol. The summed E-state index contributed by atoms with van der Waals surface area (Å²) < 4.78 is 58.8. The lowest BCUT2D eigenvalue weighted by molar-refractivity contribution is -0.143. The molecule has 5 aromatic rings. The molecule has 9 rings (SSSR count). The predicted octanol–water partition coefficient (Wildman–Crippen LogP) is 4.66. The van der Waals surface area contributed by atoms with Gasteiger partial charge >= 0.3 is 10.2 Å². The van der Waals surface area contributed by atoms with Gasteiger partial charge in [0.2, 0.25) is 29.5 Å². The number of carbonyl (C=O) groups excluding carboxylic acids is 4. The molecule has 66 heavy (non-hydrogen) atoms. The minimum atomic E-state index is -4.15. The lowest BCUT2D eigenvalue weighted by atomic mass is 9.76. The van der Waals surface area contributed by atoms with E-state index in [-0.39, 0.29) is 41.8 Å². The fourth-order valence-corrected chi connectivity index (χ4v) is 10.3. The number of pyridine rings is 1. The Bertz CT molecular complexity index is 2780. The number of piperidine rings is 2. The minimum Gasteiger partial charge on any atom is -0.374 e. The number of rotatable bonds is 13. The number of nitrogens with zero attached hydrogens (tertiary/aromatic N) is 7. The second kappa shape index (κ2) is 18.5. The van der Waals surface area contributed by atoms with Crippen LogP contribution in [0, 0.1) is 17.6 Å². The van der Waals surface area contributed by atoms with Crippen LogP contribution in [0.5, 0.6) is 0 Å². The number of likely N-dealkylation sites (tertiary alicyclic amines) is 1. The van der Waals surface area contributed by atoms with Crippen molar-refractivity contribution in [3.63, 3.8) is 0 Å². The van der Waals surface area contributed by atoms with Crippen molar-refractivity contribution in [1.82, 2.24) is 39.4 Å². The number of aromatic amines is 1. The Hall–Kier alpha value is -6.38. The molecule has 3 unspecified atom stereocenters. The SMILES string of the molecule is CCN(C)S(=O)(=O)Nc1ccc(F)c(C(=O)c2c[nH]c3ncc(-c4cnc(N5CCN(C(=O)C6CCC6N6CCC(c7ccc(NC8CCC(=O)NC8=O)cc7)CC6)CC5)nc4)cc23)c1F. The lowest BCUT2D eigenvalue weighted by Crippen LogP contribution is -2.58. The van der Waals surface area contributed by atoms with E-state index in [0.717, 1.165) is 60.9 Å². The molecule has 0 spiro atoms. The Kier molecular flexibility index (Phi) is 12.5. The summed E-state index contributed by atoms with van der Waals surface area (Å²) in [6.07, 6.45) is 10.9. The van der Waals surface area contributed by atoms with E-state index >= 15 is 8.78 Å². The highest BCUT2D eigenvalue weighted by Gasteiger charge is 2.43. The highest BCUT2D eigenvalue weighted by Crippen LogP contribution is 2.39. The van der Waals surface area contributed by atoms with Gasteiger partial charge < -0.3 is 20.1 Å². The van der Waals surface area contributed by atoms with Gasteiger partial charge in [-0.25, -0.2) is 23.7 Å². The zero-order chi connectivity index (χ0) is 46.3. The van der Waals surface area contributed by atoms with Crippen molar-refractivity contribution < 1.29 is 36.4 Å². The molecule has 1 aliphatic carbocycles. The Morgan fingerprint density at radius 3 is 2.26 bits per heavy atom. The van der Waals surface area contributed by atoms with E-state index in [9.17, 15) is 27.6 Å². The Labute approximate surface area is 380 Å². The second-order valence-electron chi connectivity index (χ2n) is 17.4. The molecule has 0 radical (unpaired) electrons. The summed E-state index contributed by atoms with van der Waals surface area (Å²) in [7, 11) is -2.86. The monoisotopic (exact) mass is 923 g/mol. The molecule has 17 nitrogen and oxygen atoms in total. The van der Waals surface area contributed by atoms with E-state index < -0.39 is 44.9 Å². The number of aromatic nitrogens is 4. The average molecular weight is 924 g/mol. The van der Waals surface area contributed by atoms with E-state index in [1.54, 1.807) is 31.6 Å². The summed E-state index contributed by atoms with van der Waals surface area (Å²) in [5.41, 5.74) is 2.03. The van der Waals surface area contributed by atoms with E-state index in [1.807, 2.05) is 21.9 Å². The number of piperazine rings is 1. The van der Waals surface area contributed by atoms with Gasteiger partial charge in [0.25, 0.3) is 0 Å². The van der Waals surface area contributed by atoms with Gasteiger partial charge in [0.05, 0.1) is 17.2 Å². The molecule has 3 aromatic heterocycles. The number of imide groups is 1. The number of nitrogens with one attached hydrogen (secondary N) is 4. The van der Waals surface area contributed by atoms with Crippen LogP contribution in [0.3, 0.4) is 0 Å². The van der Waals surface area contributed by atoms with Crippen molar-refractivity contribution in [1.29, 1.82) is 0 Å². The summed E-state index contributed by atoms with van der Waals surface area (Å²) in [6.45, 7) is 5.82. The highest BCUT2D eigenvalue weighted by molar-refractivity contribution is 7.90. The number of ketones is 1.